The van der Waals surface area contributed by atoms with Gasteiger partial charge in [-0.05, 0) is 13.3 Å². The molecule has 0 unspecified atom stereocenters. The van der Waals surface area contributed by atoms with Crippen molar-refractivity contribution in [1.82, 2.24) is 0 Å². The number of carbonyl (C=O) groups is 1. The topological polar surface area (TPSA) is 26.3 Å². The Kier molecular flexibility index (Phi) is 20.1. The van der Waals surface area contributed by atoms with Crippen LogP contribution in [0.5, 0.6) is 0 Å². The molecule has 0 aromatic carbocycles. The zero-order valence-corrected chi connectivity index (χ0v) is 11.9. The largest absolute Gasteiger partial charge is 0.466 e. The maximum Gasteiger partial charge on any atom is 0.305 e. The molecule has 0 aromatic rings. The van der Waals surface area contributed by atoms with Crippen molar-refractivity contribution in [3.8, 4) is 0 Å². The molecule has 98 valence electrons. The summed E-state index contributed by atoms with van der Waals surface area (Å²) in [5, 5.41) is 0.194. The Morgan fingerprint density at radius 1 is 1.00 bits per heavy atom. The first-order valence-corrected chi connectivity index (χ1v) is 7.07. The number of hydrogen-bond donors (Lipinski definition) is 0. The molecule has 0 bridgehead atoms. The van der Waals surface area contributed by atoms with E-state index in [2.05, 4.69) is 6.92 Å². The van der Waals surface area contributed by atoms with E-state index in [1.54, 1.807) is 0 Å². The monoisotopic (exact) mass is 270 g/mol. The minimum absolute atomic E-state index is 0.0435. The molecule has 0 aromatic heterocycles. The number of ether oxygens (including phenoxy) is 1. The number of carbonyl (C=O) groups excluding carboxylic acids is 1. The fourth-order valence-corrected chi connectivity index (χ4v) is 1.28. The van der Waals surface area contributed by atoms with Crippen LogP contribution < -0.4 is 0 Å². The van der Waals surface area contributed by atoms with E-state index >= 15 is 0 Å². The van der Waals surface area contributed by atoms with Gasteiger partial charge in [-0.25, -0.2) is 0 Å². The number of unbranched alkanes of at least 4 members (excludes halogenated alkanes) is 5. The van der Waals surface area contributed by atoms with Crippen LogP contribution >= 0.6 is 23.2 Å². The summed E-state index contributed by atoms with van der Waals surface area (Å²) >= 11 is 9.53. The third kappa shape index (κ3) is 19.6. The first kappa shape index (κ1) is 18.4. The van der Waals surface area contributed by atoms with Gasteiger partial charge in [0.1, 0.15) is 0 Å². The predicted molar refractivity (Wildman–Crippen MR) is 71.2 cm³/mol. The average Bonchev–Trinajstić information content (AvgIpc) is 2.25. The lowest BCUT2D eigenvalue weighted by Crippen LogP contribution is -2.03. The van der Waals surface area contributed by atoms with Crippen molar-refractivity contribution < 1.29 is 9.53 Å². The summed E-state index contributed by atoms with van der Waals surface area (Å²) in [7, 11) is 0. The van der Waals surface area contributed by atoms with E-state index in [0.717, 1.165) is 6.42 Å². The van der Waals surface area contributed by atoms with Gasteiger partial charge < -0.3 is 4.74 Å². The molecule has 16 heavy (non-hydrogen) atoms. The Labute approximate surface area is 110 Å². The second-order valence-electron chi connectivity index (χ2n) is 3.42. The van der Waals surface area contributed by atoms with Crippen LogP contribution in [-0.2, 0) is 9.53 Å². The summed E-state index contributed by atoms with van der Waals surface area (Å²) in [6.45, 7) is 4.56. The van der Waals surface area contributed by atoms with Crippen molar-refractivity contribution in [2.45, 2.75) is 58.8 Å². The van der Waals surface area contributed by atoms with Gasteiger partial charge in [0.05, 0.1) is 11.9 Å². The van der Waals surface area contributed by atoms with Gasteiger partial charge in [-0.3, -0.25) is 4.79 Å². The molecule has 2 nitrogen and oxygen atoms in total. The van der Waals surface area contributed by atoms with E-state index in [1.165, 1.54) is 32.1 Å². The average molecular weight is 271 g/mol. The van der Waals surface area contributed by atoms with E-state index in [0.29, 0.717) is 13.0 Å². The lowest BCUT2D eigenvalue weighted by atomic mass is 10.1. The van der Waals surface area contributed by atoms with Crippen LogP contribution in [0, 0.1) is 0 Å². The zero-order chi connectivity index (χ0) is 12.6. The highest BCUT2D eigenvalue weighted by molar-refractivity contribution is 6.40. The van der Waals surface area contributed by atoms with Crippen LogP contribution in [0.2, 0.25) is 0 Å². The highest BCUT2D eigenvalue weighted by atomic mass is 35.5. The van der Waals surface area contributed by atoms with Crippen LogP contribution in [0.4, 0.5) is 0 Å². The highest BCUT2D eigenvalue weighted by Gasteiger charge is 1.99. The number of alkyl halides is 2. The predicted octanol–water partition coefficient (Wildman–Crippen LogP) is 4.72. The molecule has 0 fully saturated rings. The summed E-state index contributed by atoms with van der Waals surface area (Å²) in [4.78, 5) is 10.9. The van der Waals surface area contributed by atoms with Gasteiger partial charge in [0.15, 0.2) is 0 Å². The maximum absolute atomic E-state index is 10.9. The summed E-state index contributed by atoms with van der Waals surface area (Å²) in [5.41, 5.74) is 0. The Balaban J connectivity index is 0. The fraction of sp³-hybridized carbons (Fsp3) is 0.917. The molecular weight excluding hydrogens is 247 g/mol. The van der Waals surface area contributed by atoms with Gasteiger partial charge in [-0.2, -0.15) is 0 Å². The molecule has 4 heteroatoms. The van der Waals surface area contributed by atoms with Crippen molar-refractivity contribution in [3.63, 3.8) is 0 Å². The molecule has 0 aliphatic carbocycles. The zero-order valence-electron chi connectivity index (χ0n) is 10.4. The van der Waals surface area contributed by atoms with E-state index < -0.39 is 0 Å². The number of esters is 1. The van der Waals surface area contributed by atoms with E-state index in [-0.39, 0.29) is 11.3 Å². The number of rotatable bonds is 8. The Bertz CT molecular complexity index is 141. The highest BCUT2D eigenvalue weighted by Crippen LogP contribution is 2.07. The third-order valence-electron chi connectivity index (χ3n) is 2.04. The number of halogens is 2. The van der Waals surface area contributed by atoms with E-state index in [9.17, 15) is 4.79 Å². The van der Waals surface area contributed by atoms with Crippen LogP contribution in [0.3, 0.4) is 0 Å². The molecule has 0 N–H and O–H groups in total. The molecule has 0 aliphatic heterocycles. The van der Waals surface area contributed by atoms with Crippen molar-refractivity contribution in [1.29, 1.82) is 0 Å². The molecule has 0 spiro atoms. The first-order chi connectivity index (χ1) is 7.72. The van der Waals surface area contributed by atoms with Gasteiger partial charge in [0.2, 0.25) is 0 Å². The second-order valence-corrected chi connectivity index (χ2v) is 4.23. The van der Waals surface area contributed by atoms with Crippen molar-refractivity contribution >= 4 is 29.2 Å². The Morgan fingerprint density at radius 3 is 2.00 bits per heavy atom. The standard InChI is InChI=1S/C11H22O2.CH2Cl2/c1-3-5-6-7-8-9-10-11(12)13-4-2;2-1-3/h3-10H2,1-2H3;1H2. The molecule has 0 heterocycles. The minimum Gasteiger partial charge on any atom is -0.466 e. The molecule has 0 saturated heterocycles. The lowest BCUT2D eigenvalue weighted by Gasteiger charge is -2.01. The SMILES string of the molecule is CCCCCCCCC(=O)OCC.ClCCl. The van der Waals surface area contributed by atoms with Crippen LogP contribution in [0.1, 0.15) is 58.8 Å². The Morgan fingerprint density at radius 2 is 1.50 bits per heavy atom. The molecule has 0 amide bonds. The van der Waals surface area contributed by atoms with Crippen LogP contribution in [-0.4, -0.2) is 17.9 Å². The second kappa shape index (κ2) is 17.4. The van der Waals surface area contributed by atoms with Gasteiger partial charge in [-0.15, -0.1) is 23.2 Å². The summed E-state index contributed by atoms with van der Waals surface area (Å²) in [5.74, 6) is -0.0435. The van der Waals surface area contributed by atoms with Gasteiger partial charge in [0.25, 0.3) is 0 Å². The summed E-state index contributed by atoms with van der Waals surface area (Å²) < 4.78 is 4.83. The Hall–Kier alpha value is 0.0500. The first-order valence-electron chi connectivity index (χ1n) is 6.00. The van der Waals surface area contributed by atoms with Gasteiger partial charge >= 0.3 is 5.97 Å². The molecule has 0 radical (unpaired) electrons. The molecule has 0 atom stereocenters. The van der Waals surface area contributed by atoms with Crippen LogP contribution in [0.15, 0.2) is 0 Å². The van der Waals surface area contributed by atoms with Crippen molar-refractivity contribution in [2.24, 2.45) is 0 Å². The number of hydrogen-bond acceptors (Lipinski definition) is 2. The molecule has 0 aliphatic rings. The smallest absolute Gasteiger partial charge is 0.305 e. The lowest BCUT2D eigenvalue weighted by molar-refractivity contribution is -0.143. The molecule has 0 saturated carbocycles. The molecular formula is C12H24Cl2O2. The third-order valence-corrected chi connectivity index (χ3v) is 2.04. The van der Waals surface area contributed by atoms with E-state index in [1.807, 2.05) is 6.92 Å². The van der Waals surface area contributed by atoms with Crippen molar-refractivity contribution in [2.75, 3.05) is 11.9 Å². The van der Waals surface area contributed by atoms with Gasteiger partial charge in [0, 0.05) is 6.42 Å². The minimum atomic E-state index is -0.0435. The van der Waals surface area contributed by atoms with E-state index in [4.69, 9.17) is 27.9 Å². The van der Waals surface area contributed by atoms with Crippen molar-refractivity contribution in [3.05, 3.63) is 0 Å². The molecule has 0 rings (SSSR count). The van der Waals surface area contributed by atoms with Gasteiger partial charge in [-0.1, -0.05) is 39.0 Å². The normalized spacial score (nSPS) is 9.25. The quantitative estimate of drug-likeness (QED) is 0.362. The van der Waals surface area contributed by atoms with Crippen LogP contribution in [0.25, 0.3) is 0 Å². The summed E-state index contributed by atoms with van der Waals surface area (Å²) in [6, 6.07) is 0. The fourth-order valence-electron chi connectivity index (χ4n) is 1.28. The maximum atomic E-state index is 10.9. The summed E-state index contributed by atoms with van der Waals surface area (Å²) in [6.07, 6.45) is 7.91.